The Morgan fingerprint density at radius 1 is 1.00 bits per heavy atom. The van der Waals surface area contributed by atoms with Crippen molar-refractivity contribution in [3.63, 3.8) is 0 Å². The predicted octanol–water partition coefficient (Wildman–Crippen LogP) is 2.55. The van der Waals surface area contributed by atoms with E-state index in [1.165, 1.54) is 19.1 Å². The van der Waals surface area contributed by atoms with Gasteiger partial charge in [0.05, 0.1) is 12.2 Å². The summed E-state index contributed by atoms with van der Waals surface area (Å²) in [5.74, 6) is -1.64. The summed E-state index contributed by atoms with van der Waals surface area (Å²) in [4.78, 5) is 24.8. The van der Waals surface area contributed by atoms with Gasteiger partial charge in [-0.2, -0.15) is 0 Å². The number of hydrogen-bond donors (Lipinski definition) is 1. The third-order valence-corrected chi connectivity index (χ3v) is 2.94. The van der Waals surface area contributed by atoms with Crippen LogP contribution >= 0.6 is 0 Å². The Labute approximate surface area is 124 Å². The van der Waals surface area contributed by atoms with Crippen LogP contribution in [0.5, 0.6) is 5.75 Å². The van der Waals surface area contributed by atoms with Gasteiger partial charge in [0.1, 0.15) is 5.75 Å². The fourth-order valence-corrected chi connectivity index (χ4v) is 1.86. The fraction of sp³-hybridized carbons (Fsp3) is 0.500. The highest BCUT2D eigenvalue weighted by Gasteiger charge is 2.48. The maximum atomic E-state index is 12.4. The molecule has 0 fully saturated rings. The first kappa shape index (κ1) is 17.0. The molecule has 0 saturated carbocycles. The first-order valence-corrected chi connectivity index (χ1v) is 6.90. The normalized spacial score (nSPS) is 11.6. The summed E-state index contributed by atoms with van der Waals surface area (Å²) in [6.07, 6.45) is -0.760. The molecule has 116 valence electrons. The van der Waals surface area contributed by atoms with E-state index in [1.54, 1.807) is 39.8 Å². The summed E-state index contributed by atoms with van der Waals surface area (Å²) in [5, 5.41) is 10.00. The zero-order valence-electron chi connectivity index (χ0n) is 13.0. The molecule has 1 N–H and O–H groups in total. The number of rotatable bonds is 5. The van der Waals surface area contributed by atoms with E-state index in [4.69, 9.17) is 9.47 Å². The molecule has 5 nitrogen and oxygen atoms in total. The average Bonchev–Trinajstić information content (AvgIpc) is 2.36. The Hall–Kier alpha value is -2.04. The highest BCUT2D eigenvalue weighted by Crippen LogP contribution is 2.34. The Balaban J connectivity index is 3.32. The Bertz CT molecular complexity index is 497. The number of ether oxygens (including phenoxy) is 2. The van der Waals surface area contributed by atoms with E-state index < -0.39 is 17.4 Å². The van der Waals surface area contributed by atoms with Gasteiger partial charge in [-0.3, -0.25) is 9.59 Å². The van der Waals surface area contributed by atoms with Crippen molar-refractivity contribution in [1.29, 1.82) is 0 Å². The summed E-state index contributed by atoms with van der Waals surface area (Å²) in [6, 6.07) is 6.18. The Morgan fingerprint density at radius 2 is 1.43 bits per heavy atom. The molecule has 0 heterocycles. The van der Waals surface area contributed by atoms with Crippen LogP contribution in [0.25, 0.3) is 0 Å². The SMILES string of the molecule is CC(C)OC(=O)C(C)(C(=O)OC(C)C)c1ccccc1O. The van der Waals surface area contributed by atoms with Crippen molar-refractivity contribution in [1.82, 2.24) is 0 Å². The minimum absolute atomic E-state index is 0.151. The van der Waals surface area contributed by atoms with Crippen molar-refractivity contribution < 1.29 is 24.2 Å². The maximum absolute atomic E-state index is 12.4. The molecule has 0 aliphatic carbocycles. The number of para-hydroxylation sites is 1. The molecule has 1 aromatic carbocycles. The molecule has 0 amide bonds. The van der Waals surface area contributed by atoms with Gasteiger partial charge in [-0.15, -0.1) is 0 Å². The first-order valence-electron chi connectivity index (χ1n) is 6.90. The molecule has 21 heavy (non-hydrogen) atoms. The van der Waals surface area contributed by atoms with Crippen LogP contribution in [0, 0.1) is 0 Å². The highest BCUT2D eigenvalue weighted by atomic mass is 16.6. The summed E-state index contributed by atoms with van der Waals surface area (Å²) in [5.41, 5.74) is -1.54. The number of carbonyl (C=O) groups excluding carboxylic acids is 2. The molecule has 0 spiro atoms. The van der Waals surface area contributed by atoms with Gasteiger partial charge in [0, 0.05) is 5.56 Å². The van der Waals surface area contributed by atoms with Crippen LogP contribution in [0.1, 0.15) is 40.2 Å². The van der Waals surface area contributed by atoms with Crippen molar-refractivity contribution in [2.75, 3.05) is 0 Å². The molecular weight excluding hydrogens is 272 g/mol. The third kappa shape index (κ3) is 3.74. The minimum atomic E-state index is -1.71. The monoisotopic (exact) mass is 294 g/mol. The molecule has 0 bridgehead atoms. The zero-order valence-corrected chi connectivity index (χ0v) is 13.0. The molecule has 5 heteroatoms. The number of hydrogen-bond acceptors (Lipinski definition) is 5. The molecule has 1 rings (SSSR count). The summed E-state index contributed by atoms with van der Waals surface area (Å²) < 4.78 is 10.4. The van der Waals surface area contributed by atoms with E-state index in [2.05, 4.69) is 0 Å². The van der Waals surface area contributed by atoms with Gasteiger partial charge < -0.3 is 14.6 Å². The van der Waals surface area contributed by atoms with Crippen LogP contribution in [0.2, 0.25) is 0 Å². The molecule has 1 aromatic rings. The molecule has 0 atom stereocenters. The average molecular weight is 294 g/mol. The van der Waals surface area contributed by atoms with Gasteiger partial charge in [-0.25, -0.2) is 0 Å². The van der Waals surface area contributed by atoms with Crippen LogP contribution in [-0.2, 0) is 24.5 Å². The van der Waals surface area contributed by atoms with Gasteiger partial charge in [0.25, 0.3) is 0 Å². The largest absolute Gasteiger partial charge is 0.508 e. The van der Waals surface area contributed by atoms with Gasteiger partial charge in [0.15, 0.2) is 5.41 Å². The van der Waals surface area contributed by atoms with E-state index in [9.17, 15) is 14.7 Å². The van der Waals surface area contributed by atoms with Gasteiger partial charge in [0.2, 0.25) is 0 Å². The molecule has 0 unspecified atom stereocenters. The fourth-order valence-electron chi connectivity index (χ4n) is 1.86. The quantitative estimate of drug-likeness (QED) is 0.667. The number of aromatic hydroxyl groups is 1. The third-order valence-electron chi connectivity index (χ3n) is 2.94. The lowest BCUT2D eigenvalue weighted by molar-refractivity contribution is -0.168. The van der Waals surface area contributed by atoms with E-state index in [1.807, 2.05) is 0 Å². The molecule has 0 aliphatic rings. The lowest BCUT2D eigenvalue weighted by atomic mass is 9.81. The zero-order chi connectivity index (χ0) is 16.2. The number of phenolic OH excluding ortho intramolecular Hbond substituents is 1. The van der Waals surface area contributed by atoms with Crippen LogP contribution < -0.4 is 0 Å². The Morgan fingerprint density at radius 3 is 1.81 bits per heavy atom. The smallest absolute Gasteiger partial charge is 0.328 e. The molecule has 0 aromatic heterocycles. The van der Waals surface area contributed by atoms with Crippen molar-refractivity contribution in [3.8, 4) is 5.75 Å². The number of benzene rings is 1. The van der Waals surface area contributed by atoms with Crippen LogP contribution in [0.15, 0.2) is 24.3 Å². The standard InChI is InChI=1S/C16H22O5/c1-10(2)20-14(18)16(5,15(19)21-11(3)4)12-8-6-7-9-13(12)17/h6-11,17H,1-5H3. The lowest BCUT2D eigenvalue weighted by Crippen LogP contribution is -2.45. The van der Waals surface area contributed by atoms with E-state index >= 15 is 0 Å². The Kier molecular flexibility index (Phi) is 5.35. The number of phenols is 1. The van der Waals surface area contributed by atoms with Gasteiger partial charge in [-0.1, -0.05) is 18.2 Å². The van der Waals surface area contributed by atoms with Crippen molar-refractivity contribution >= 4 is 11.9 Å². The maximum Gasteiger partial charge on any atom is 0.328 e. The van der Waals surface area contributed by atoms with Crippen LogP contribution in [0.3, 0.4) is 0 Å². The van der Waals surface area contributed by atoms with E-state index in [0.29, 0.717) is 0 Å². The highest BCUT2D eigenvalue weighted by molar-refractivity contribution is 6.06. The van der Waals surface area contributed by atoms with Crippen LogP contribution in [-0.4, -0.2) is 29.3 Å². The summed E-state index contributed by atoms with van der Waals surface area (Å²) in [7, 11) is 0. The second-order valence-corrected chi connectivity index (χ2v) is 5.55. The van der Waals surface area contributed by atoms with E-state index in [0.717, 1.165) is 0 Å². The number of esters is 2. The first-order chi connectivity index (χ1) is 9.69. The van der Waals surface area contributed by atoms with Gasteiger partial charge >= 0.3 is 11.9 Å². The molecular formula is C16H22O5. The van der Waals surface area contributed by atoms with Crippen LogP contribution in [0.4, 0.5) is 0 Å². The number of carbonyl (C=O) groups is 2. The molecule has 0 radical (unpaired) electrons. The minimum Gasteiger partial charge on any atom is -0.508 e. The van der Waals surface area contributed by atoms with Crippen molar-refractivity contribution in [2.45, 2.75) is 52.2 Å². The lowest BCUT2D eigenvalue weighted by Gasteiger charge is -2.28. The second kappa shape index (κ2) is 6.61. The second-order valence-electron chi connectivity index (χ2n) is 5.55. The van der Waals surface area contributed by atoms with Gasteiger partial charge in [-0.05, 0) is 40.7 Å². The molecule has 0 saturated heterocycles. The summed E-state index contributed by atoms with van der Waals surface area (Å²) in [6.45, 7) is 8.17. The van der Waals surface area contributed by atoms with Crippen molar-refractivity contribution in [3.05, 3.63) is 29.8 Å². The summed E-state index contributed by atoms with van der Waals surface area (Å²) >= 11 is 0. The molecule has 0 aliphatic heterocycles. The topological polar surface area (TPSA) is 72.8 Å². The predicted molar refractivity (Wildman–Crippen MR) is 77.9 cm³/mol. The van der Waals surface area contributed by atoms with Crippen molar-refractivity contribution in [2.24, 2.45) is 0 Å². The van der Waals surface area contributed by atoms with E-state index in [-0.39, 0.29) is 23.5 Å².